The lowest BCUT2D eigenvalue weighted by Gasteiger charge is -2.11. The SMILES string of the molecule is CCCCCCC(=O)Nc1ccccc1CNCC. The topological polar surface area (TPSA) is 41.1 Å². The zero-order valence-electron chi connectivity index (χ0n) is 12.2. The second kappa shape index (κ2) is 9.56. The van der Waals surface area contributed by atoms with Crippen molar-refractivity contribution in [2.45, 2.75) is 52.5 Å². The Labute approximate surface area is 116 Å². The van der Waals surface area contributed by atoms with Crippen molar-refractivity contribution in [2.24, 2.45) is 0 Å². The molecule has 3 nitrogen and oxygen atoms in total. The molecule has 106 valence electrons. The number of benzene rings is 1. The summed E-state index contributed by atoms with van der Waals surface area (Å²) in [6, 6.07) is 7.98. The standard InChI is InChI=1S/C16H26N2O/c1-3-5-6-7-12-16(19)18-15-11-9-8-10-14(15)13-17-4-2/h8-11,17H,3-7,12-13H2,1-2H3,(H,18,19). The van der Waals surface area contributed by atoms with Crippen LogP contribution in [0.2, 0.25) is 0 Å². The number of hydrogen-bond donors (Lipinski definition) is 2. The van der Waals surface area contributed by atoms with E-state index in [1.54, 1.807) is 0 Å². The molecule has 0 saturated heterocycles. The molecule has 0 unspecified atom stereocenters. The molecule has 19 heavy (non-hydrogen) atoms. The fraction of sp³-hybridized carbons (Fsp3) is 0.562. The van der Waals surface area contributed by atoms with Crippen molar-refractivity contribution < 1.29 is 4.79 Å². The van der Waals surface area contributed by atoms with E-state index >= 15 is 0 Å². The van der Waals surface area contributed by atoms with E-state index in [9.17, 15) is 4.79 Å². The molecule has 0 aliphatic carbocycles. The first-order valence-electron chi connectivity index (χ1n) is 7.36. The summed E-state index contributed by atoms with van der Waals surface area (Å²) in [5.74, 6) is 0.125. The molecule has 1 rings (SSSR count). The third kappa shape index (κ3) is 6.39. The first-order chi connectivity index (χ1) is 9.27. The van der Waals surface area contributed by atoms with Gasteiger partial charge in [0.25, 0.3) is 0 Å². The van der Waals surface area contributed by atoms with Gasteiger partial charge in [-0.2, -0.15) is 0 Å². The molecule has 0 saturated carbocycles. The number of amides is 1. The number of nitrogens with one attached hydrogen (secondary N) is 2. The van der Waals surface area contributed by atoms with Gasteiger partial charge in [-0.25, -0.2) is 0 Å². The van der Waals surface area contributed by atoms with Crippen LogP contribution in [0.4, 0.5) is 5.69 Å². The maximum Gasteiger partial charge on any atom is 0.224 e. The van der Waals surface area contributed by atoms with Crippen LogP contribution in [0.1, 0.15) is 51.5 Å². The summed E-state index contributed by atoms with van der Waals surface area (Å²) in [6.07, 6.45) is 5.16. The van der Waals surface area contributed by atoms with Crippen LogP contribution in [0.3, 0.4) is 0 Å². The van der Waals surface area contributed by atoms with E-state index in [-0.39, 0.29) is 5.91 Å². The molecular formula is C16H26N2O. The minimum absolute atomic E-state index is 0.125. The van der Waals surface area contributed by atoms with Crippen molar-refractivity contribution >= 4 is 11.6 Å². The zero-order chi connectivity index (χ0) is 13.9. The number of carbonyl (C=O) groups excluding carboxylic acids is 1. The second-order valence-electron chi connectivity index (χ2n) is 4.80. The number of carbonyl (C=O) groups is 1. The van der Waals surface area contributed by atoms with Gasteiger partial charge in [-0.1, -0.05) is 51.3 Å². The van der Waals surface area contributed by atoms with Gasteiger partial charge in [-0.3, -0.25) is 4.79 Å². The monoisotopic (exact) mass is 262 g/mol. The number of rotatable bonds is 9. The van der Waals surface area contributed by atoms with Crippen molar-refractivity contribution in [3.8, 4) is 0 Å². The van der Waals surface area contributed by atoms with Crippen LogP contribution in [-0.2, 0) is 11.3 Å². The van der Waals surface area contributed by atoms with Crippen LogP contribution in [0, 0.1) is 0 Å². The van der Waals surface area contributed by atoms with E-state index in [4.69, 9.17) is 0 Å². The molecule has 0 atom stereocenters. The summed E-state index contributed by atoms with van der Waals surface area (Å²) >= 11 is 0. The van der Waals surface area contributed by atoms with Crippen molar-refractivity contribution in [1.29, 1.82) is 0 Å². The molecule has 0 radical (unpaired) electrons. The van der Waals surface area contributed by atoms with E-state index in [1.807, 2.05) is 18.2 Å². The molecule has 0 bridgehead atoms. The highest BCUT2D eigenvalue weighted by Crippen LogP contribution is 2.15. The number of hydrogen-bond acceptors (Lipinski definition) is 2. The Morgan fingerprint density at radius 1 is 1.11 bits per heavy atom. The van der Waals surface area contributed by atoms with Gasteiger partial charge >= 0.3 is 0 Å². The summed E-state index contributed by atoms with van der Waals surface area (Å²) in [7, 11) is 0. The predicted molar refractivity (Wildman–Crippen MR) is 81.2 cm³/mol. The Morgan fingerprint density at radius 3 is 2.63 bits per heavy atom. The summed E-state index contributed by atoms with van der Waals surface area (Å²) in [5.41, 5.74) is 2.08. The number of anilines is 1. The quantitative estimate of drug-likeness (QED) is 0.666. The summed E-state index contributed by atoms with van der Waals surface area (Å²) < 4.78 is 0. The molecule has 0 aliphatic heterocycles. The molecule has 1 aromatic carbocycles. The lowest BCUT2D eigenvalue weighted by Crippen LogP contribution is -2.16. The van der Waals surface area contributed by atoms with Gasteiger partial charge in [0.05, 0.1) is 0 Å². The van der Waals surface area contributed by atoms with Gasteiger partial charge < -0.3 is 10.6 Å². The Balaban J connectivity index is 2.44. The minimum Gasteiger partial charge on any atom is -0.326 e. The fourth-order valence-corrected chi connectivity index (χ4v) is 1.98. The average molecular weight is 262 g/mol. The first-order valence-corrected chi connectivity index (χ1v) is 7.36. The van der Waals surface area contributed by atoms with Crippen LogP contribution in [0.25, 0.3) is 0 Å². The van der Waals surface area contributed by atoms with E-state index in [2.05, 4.69) is 30.5 Å². The van der Waals surface area contributed by atoms with Crippen LogP contribution in [0.15, 0.2) is 24.3 Å². The molecule has 2 N–H and O–H groups in total. The van der Waals surface area contributed by atoms with E-state index < -0.39 is 0 Å². The number of unbranched alkanes of at least 4 members (excludes halogenated alkanes) is 3. The van der Waals surface area contributed by atoms with Crippen LogP contribution in [0.5, 0.6) is 0 Å². The van der Waals surface area contributed by atoms with Crippen molar-refractivity contribution in [1.82, 2.24) is 5.32 Å². The maximum atomic E-state index is 11.9. The average Bonchev–Trinajstić information content (AvgIpc) is 2.43. The molecule has 0 aromatic heterocycles. The zero-order valence-corrected chi connectivity index (χ0v) is 12.2. The molecule has 1 amide bonds. The molecule has 0 heterocycles. The molecular weight excluding hydrogens is 236 g/mol. The van der Waals surface area contributed by atoms with E-state index in [0.29, 0.717) is 6.42 Å². The Hall–Kier alpha value is -1.35. The van der Waals surface area contributed by atoms with Gasteiger partial charge in [0, 0.05) is 18.7 Å². The van der Waals surface area contributed by atoms with Crippen molar-refractivity contribution in [3.63, 3.8) is 0 Å². The molecule has 1 aromatic rings. The Kier molecular flexibility index (Phi) is 7.91. The fourth-order valence-electron chi connectivity index (χ4n) is 1.98. The van der Waals surface area contributed by atoms with Gasteiger partial charge in [0.1, 0.15) is 0 Å². The minimum atomic E-state index is 0.125. The summed E-state index contributed by atoms with van der Waals surface area (Å²) in [6.45, 7) is 5.98. The van der Waals surface area contributed by atoms with E-state index in [0.717, 1.165) is 37.2 Å². The maximum absolute atomic E-state index is 11.9. The summed E-state index contributed by atoms with van der Waals surface area (Å²) in [4.78, 5) is 11.9. The lowest BCUT2D eigenvalue weighted by atomic mass is 10.1. The lowest BCUT2D eigenvalue weighted by molar-refractivity contribution is -0.116. The molecule has 0 spiro atoms. The van der Waals surface area contributed by atoms with Crippen molar-refractivity contribution in [3.05, 3.63) is 29.8 Å². The van der Waals surface area contributed by atoms with Gasteiger partial charge in [0.2, 0.25) is 5.91 Å². The summed E-state index contributed by atoms with van der Waals surface area (Å²) in [5, 5.41) is 6.30. The number of para-hydroxylation sites is 1. The smallest absolute Gasteiger partial charge is 0.224 e. The van der Waals surface area contributed by atoms with Gasteiger partial charge in [-0.15, -0.1) is 0 Å². The largest absolute Gasteiger partial charge is 0.326 e. The van der Waals surface area contributed by atoms with Crippen molar-refractivity contribution in [2.75, 3.05) is 11.9 Å². The first kappa shape index (κ1) is 15.7. The van der Waals surface area contributed by atoms with Crippen LogP contribution < -0.4 is 10.6 Å². The Morgan fingerprint density at radius 2 is 1.89 bits per heavy atom. The third-order valence-corrected chi connectivity index (χ3v) is 3.11. The predicted octanol–water partition coefficient (Wildman–Crippen LogP) is 3.71. The normalized spacial score (nSPS) is 10.4. The molecule has 0 aliphatic rings. The van der Waals surface area contributed by atoms with Crippen LogP contribution in [-0.4, -0.2) is 12.5 Å². The highest BCUT2D eigenvalue weighted by molar-refractivity contribution is 5.91. The van der Waals surface area contributed by atoms with Gasteiger partial charge in [-0.05, 0) is 24.6 Å². The van der Waals surface area contributed by atoms with Crippen LogP contribution >= 0.6 is 0 Å². The Bertz CT molecular complexity index is 377. The highest BCUT2D eigenvalue weighted by atomic mass is 16.1. The molecule has 3 heteroatoms. The second-order valence-corrected chi connectivity index (χ2v) is 4.80. The van der Waals surface area contributed by atoms with Gasteiger partial charge in [0.15, 0.2) is 0 Å². The third-order valence-electron chi connectivity index (χ3n) is 3.11. The van der Waals surface area contributed by atoms with E-state index in [1.165, 1.54) is 12.8 Å². The molecule has 0 fully saturated rings. The highest BCUT2D eigenvalue weighted by Gasteiger charge is 2.05.